The van der Waals surface area contributed by atoms with E-state index in [4.69, 9.17) is 9.84 Å². The number of ether oxygens (including phenoxy) is 1. The smallest absolute Gasteiger partial charge is 0.303 e. The third-order valence-electron chi connectivity index (χ3n) is 2.30. The van der Waals surface area contributed by atoms with Gasteiger partial charge in [-0.2, -0.15) is 0 Å². The Hall–Kier alpha value is -1.69. The summed E-state index contributed by atoms with van der Waals surface area (Å²) in [4.78, 5) is 18.7. The molecule has 1 aliphatic rings. The van der Waals surface area contributed by atoms with E-state index >= 15 is 0 Å². The number of aliphatic carboxylic acids is 1. The molecule has 0 radical (unpaired) electrons. The van der Waals surface area contributed by atoms with Crippen molar-refractivity contribution in [3.63, 3.8) is 0 Å². The molecule has 0 saturated carbocycles. The monoisotopic (exact) mass is 223 g/mol. The Bertz CT molecular complexity index is 395. The van der Waals surface area contributed by atoms with Gasteiger partial charge in [-0.25, -0.2) is 9.97 Å². The molecule has 0 bridgehead atoms. The highest BCUT2D eigenvalue weighted by Gasteiger charge is 2.13. The quantitative estimate of drug-likeness (QED) is 0.718. The lowest BCUT2D eigenvalue weighted by Gasteiger charge is -2.04. The molecule has 1 aromatic heterocycles. The molecule has 0 saturated heterocycles. The molecular weight excluding hydrogens is 210 g/mol. The highest BCUT2D eigenvalue weighted by molar-refractivity contribution is 5.66. The summed E-state index contributed by atoms with van der Waals surface area (Å²) in [5, 5.41) is 11.5. The normalized spacial score (nSPS) is 13.5. The molecular formula is C10H13N3O3. The van der Waals surface area contributed by atoms with E-state index < -0.39 is 5.97 Å². The third kappa shape index (κ3) is 2.66. The molecule has 0 spiro atoms. The van der Waals surface area contributed by atoms with Crippen LogP contribution >= 0.6 is 0 Å². The fourth-order valence-corrected chi connectivity index (χ4v) is 1.47. The van der Waals surface area contributed by atoms with Crippen LogP contribution in [0.15, 0.2) is 6.20 Å². The standard InChI is InChI=1S/C10H13N3O3/c14-9(15)2-1-3-11-10-12-4-7-5-16-6-8(7)13-10/h4H,1-3,5-6H2,(H,14,15)(H,11,12,13). The Labute approximate surface area is 92.7 Å². The van der Waals surface area contributed by atoms with Gasteiger partial charge in [0.25, 0.3) is 0 Å². The van der Waals surface area contributed by atoms with Crippen LogP contribution in [0.3, 0.4) is 0 Å². The van der Waals surface area contributed by atoms with Crippen molar-refractivity contribution < 1.29 is 14.6 Å². The molecule has 2 heterocycles. The first-order valence-electron chi connectivity index (χ1n) is 5.14. The lowest BCUT2D eigenvalue weighted by molar-refractivity contribution is -0.137. The van der Waals surface area contributed by atoms with Gasteiger partial charge in [0, 0.05) is 24.7 Å². The second-order valence-corrected chi connectivity index (χ2v) is 3.58. The van der Waals surface area contributed by atoms with Gasteiger partial charge in [0.2, 0.25) is 5.95 Å². The minimum absolute atomic E-state index is 0.154. The number of nitrogens with zero attached hydrogens (tertiary/aromatic N) is 2. The molecule has 0 atom stereocenters. The first-order valence-corrected chi connectivity index (χ1v) is 5.14. The highest BCUT2D eigenvalue weighted by Crippen LogP contribution is 2.17. The Morgan fingerprint density at radius 1 is 1.56 bits per heavy atom. The summed E-state index contributed by atoms with van der Waals surface area (Å²) >= 11 is 0. The van der Waals surface area contributed by atoms with E-state index in [9.17, 15) is 4.79 Å². The van der Waals surface area contributed by atoms with Gasteiger partial charge in [-0.15, -0.1) is 0 Å². The molecule has 2 N–H and O–H groups in total. The van der Waals surface area contributed by atoms with E-state index in [1.807, 2.05) is 0 Å². The molecule has 0 amide bonds. The van der Waals surface area contributed by atoms with E-state index in [2.05, 4.69) is 15.3 Å². The van der Waals surface area contributed by atoms with Gasteiger partial charge in [-0.3, -0.25) is 4.79 Å². The summed E-state index contributed by atoms with van der Waals surface area (Å²) in [6, 6.07) is 0. The Morgan fingerprint density at radius 3 is 3.25 bits per heavy atom. The van der Waals surface area contributed by atoms with Gasteiger partial charge in [-0.1, -0.05) is 0 Å². The summed E-state index contributed by atoms with van der Waals surface area (Å²) in [6.45, 7) is 1.67. The van der Waals surface area contributed by atoms with Crippen molar-refractivity contribution in [2.75, 3.05) is 11.9 Å². The average molecular weight is 223 g/mol. The molecule has 6 heteroatoms. The number of fused-ring (bicyclic) bond motifs is 1. The predicted octanol–water partition coefficient (Wildman–Crippen LogP) is 0.783. The Morgan fingerprint density at radius 2 is 2.44 bits per heavy atom. The second kappa shape index (κ2) is 4.89. The maximum absolute atomic E-state index is 10.3. The number of hydrogen-bond acceptors (Lipinski definition) is 5. The summed E-state index contributed by atoms with van der Waals surface area (Å²) < 4.78 is 5.22. The first-order chi connectivity index (χ1) is 7.75. The van der Waals surface area contributed by atoms with Crippen molar-refractivity contribution in [1.82, 2.24) is 9.97 Å². The third-order valence-corrected chi connectivity index (χ3v) is 2.30. The lowest BCUT2D eigenvalue weighted by atomic mass is 10.3. The van der Waals surface area contributed by atoms with Crippen LogP contribution in [-0.2, 0) is 22.7 Å². The number of hydrogen-bond donors (Lipinski definition) is 2. The highest BCUT2D eigenvalue weighted by atomic mass is 16.5. The van der Waals surface area contributed by atoms with Gasteiger partial charge in [-0.05, 0) is 6.42 Å². The van der Waals surface area contributed by atoms with Crippen LogP contribution in [0.2, 0.25) is 0 Å². The molecule has 1 aromatic rings. The van der Waals surface area contributed by atoms with E-state index in [1.165, 1.54) is 0 Å². The van der Waals surface area contributed by atoms with Crippen molar-refractivity contribution in [2.45, 2.75) is 26.1 Å². The van der Waals surface area contributed by atoms with Crippen LogP contribution in [0.5, 0.6) is 0 Å². The molecule has 0 unspecified atom stereocenters. The molecule has 16 heavy (non-hydrogen) atoms. The van der Waals surface area contributed by atoms with E-state index in [1.54, 1.807) is 6.20 Å². The number of nitrogens with one attached hydrogen (secondary N) is 1. The van der Waals surface area contributed by atoms with Crippen LogP contribution in [0, 0.1) is 0 Å². The molecule has 0 fully saturated rings. The molecule has 1 aliphatic heterocycles. The molecule has 6 nitrogen and oxygen atoms in total. The first kappa shape index (κ1) is 10.8. The van der Waals surface area contributed by atoms with Crippen molar-refractivity contribution in [2.24, 2.45) is 0 Å². The maximum Gasteiger partial charge on any atom is 0.303 e. The second-order valence-electron chi connectivity index (χ2n) is 3.58. The Balaban J connectivity index is 1.83. The predicted molar refractivity (Wildman–Crippen MR) is 55.9 cm³/mol. The van der Waals surface area contributed by atoms with Gasteiger partial charge in [0.1, 0.15) is 0 Å². The van der Waals surface area contributed by atoms with Gasteiger partial charge < -0.3 is 15.2 Å². The summed E-state index contributed by atoms with van der Waals surface area (Å²) in [7, 11) is 0. The number of carboxylic acids is 1. The molecule has 2 rings (SSSR count). The number of aromatic nitrogens is 2. The van der Waals surface area contributed by atoms with E-state index in [0.29, 0.717) is 32.1 Å². The summed E-state index contributed by atoms with van der Waals surface area (Å²) in [5.41, 5.74) is 1.94. The minimum atomic E-state index is -0.787. The fourth-order valence-electron chi connectivity index (χ4n) is 1.47. The summed E-state index contributed by atoms with van der Waals surface area (Å²) in [6.07, 6.45) is 2.46. The number of carboxylic acid groups (broad SMARTS) is 1. The van der Waals surface area contributed by atoms with E-state index in [-0.39, 0.29) is 6.42 Å². The van der Waals surface area contributed by atoms with Crippen LogP contribution in [-0.4, -0.2) is 27.6 Å². The van der Waals surface area contributed by atoms with Crippen molar-refractivity contribution in [1.29, 1.82) is 0 Å². The lowest BCUT2D eigenvalue weighted by Crippen LogP contribution is -2.08. The number of anilines is 1. The largest absolute Gasteiger partial charge is 0.481 e. The zero-order valence-corrected chi connectivity index (χ0v) is 8.77. The van der Waals surface area contributed by atoms with Crippen molar-refractivity contribution in [3.8, 4) is 0 Å². The maximum atomic E-state index is 10.3. The zero-order chi connectivity index (χ0) is 11.4. The van der Waals surface area contributed by atoms with Gasteiger partial charge in [0.05, 0.1) is 18.9 Å². The average Bonchev–Trinajstić information content (AvgIpc) is 2.71. The molecule has 0 aromatic carbocycles. The van der Waals surface area contributed by atoms with Crippen LogP contribution < -0.4 is 5.32 Å². The number of rotatable bonds is 5. The Kier molecular flexibility index (Phi) is 3.31. The van der Waals surface area contributed by atoms with Gasteiger partial charge in [0.15, 0.2) is 0 Å². The van der Waals surface area contributed by atoms with Crippen LogP contribution in [0.1, 0.15) is 24.1 Å². The zero-order valence-electron chi connectivity index (χ0n) is 8.77. The number of carbonyl (C=O) groups is 1. The molecule has 0 aliphatic carbocycles. The minimum Gasteiger partial charge on any atom is -0.481 e. The van der Waals surface area contributed by atoms with Gasteiger partial charge >= 0.3 is 5.97 Å². The van der Waals surface area contributed by atoms with Crippen molar-refractivity contribution >= 4 is 11.9 Å². The fraction of sp³-hybridized carbons (Fsp3) is 0.500. The van der Waals surface area contributed by atoms with Crippen LogP contribution in [0.4, 0.5) is 5.95 Å². The van der Waals surface area contributed by atoms with Crippen LogP contribution in [0.25, 0.3) is 0 Å². The SMILES string of the molecule is O=C(O)CCCNc1ncc2c(n1)COC2. The topological polar surface area (TPSA) is 84.3 Å². The summed E-state index contributed by atoms with van der Waals surface area (Å²) in [5.74, 6) is -0.250. The molecule has 86 valence electrons. The van der Waals surface area contributed by atoms with Crippen molar-refractivity contribution in [3.05, 3.63) is 17.5 Å². The van der Waals surface area contributed by atoms with E-state index in [0.717, 1.165) is 11.3 Å².